The summed E-state index contributed by atoms with van der Waals surface area (Å²) in [5.74, 6) is 1.01. The quantitative estimate of drug-likeness (QED) is 0.643. The highest BCUT2D eigenvalue weighted by Gasteiger charge is 2.49. The van der Waals surface area contributed by atoms with Crippen LogP contribution in [0.15, 0.2) is 0 Å². The molecule has 0 aromatic carbocycles. The van der Waals surface area contributed by atoms with E-state index in [0.717, 1.165) is 5.92 Å². The fourth-order valence-electron chi connectivity index (χ4n) is 2.51. The van der Waals surface area contributed by atoms with E-state index in [1.165, 1.54) is 32.5 Å². The van der Waals surface area contributed by atoms with Gasteiger partial charge >= 0.3 is 0 Å². The average molecular weight is 154 g/mol. The van der Waals surface area contributed by atoms with Gasteiger partial charge in [-0.05, 0) is 38.9 Å². The molecule has 0 aromatic heterocycles. The van der Waals surface area contributed by atoms with E-state index in [0.29, 0.717) is 5.54 Å². The van der Waals surface area contributed by atoms with E-state index >= 15 is 0 Å². The van der Waals surface area contributed by atoms with Crippen molar-refractivity contribution in [2.45, 2.75) is 25.3 Å². The summed E-state index contributed by atoms with van der Waals surface area (Å²) in [6.45, 7) is 5.92. The summed E-state index contributed by atoms with van der Waals surface area (Å²) in [5.41, 5.74) is 0.537. The lowest BCUT2D eigenvalue weighted by Gasteiger charge is -2.40. The summed E-state index contributed by atoms with van der Waals surface area (Å²) in [5, 5.41) is 3.63. The minimum atomic E-state index is 0.537. The second-order valence-corrected chi connectivity index (χ2v) is 4.27. The van der Waals surface area contributed by atoms with Gasteiger partial charge in [0.2, 0.25) is 0 Å². The predicted octanol–water partition coefficient (Wildman–Crippen LogP) is 0.690. The van der Waals surface area contributed by atoms with Gasteiger partial charge in [-0.15, -0.1) is 0 Å². The molecule has 1 N–H and O–H groups in total. The number of nitrogens with zero attached hydrogens (tertiary/aromatic N) is 1. The largest absolute Gasteiger partial charge is 0.310 e. The van der Waals surface area contributed by atoms with E-state index in [1.54, 1.807) is 0 Å². The minimum Gasteiger partial charge on any atom is -0.310 e. The maximum absolute atomic E-state index is 3.63. The van der Waals surface area contributed by atoms with Gasteiger partial charge in [0.1, 0.15) is 0 Å². The van der Waals surface area contributed by atoms with Crippen molar-refractivity contribution in [2.24, 2.45) is 5.92 Å². The van der Waals surface area contributed by atoms with Crippen LogP contribution in [-0.2, 0) is 0 Å². The van der Waals surface area contributed by atoms with Crippen LogP contribution >= 0.6 is 0 Å². The Morgan fingerprint density at radius 1 is 1.55 bits per heavy atom. The number of fused-ring (bicyclic) bond motifs is 1. The third kappa shape index (κ3) is 1.18. The normalized spacial score (nSPS) is 41.2. The van der Waals surface area contributed by atoms with Crippen LogP contribution in [0.5, 0.6) is 0 Å². The highest BCUT2D eigenvalue weighted by atomic mass is 15.2. The van der Waals surface area contributed by atoms with Gasteiger partial charge < -0.3 is 10.2 Å². The van der Waals surface area contributed by atoms with E-state index in [4.69, 9.17) is 0 Å². The molecule has 0 unspecified atom stereocenters. The van der Waals surface area contributed by atoms with Crippen LogP contribution in [0.25, 0.3) is 0 Å². The first-order chi connectivity index (χ1) is 5.24. The van der Waals surface area contributed by atoms with Gasteiger partial charge in [-0.1, -0.05) is 6.92 Å². The number of hydrogen-bond acceptors (Lipinski definition) is 2. The molecule has 0 spiro atoms. The fourth-order valence-corrected chi connectivity index (χ4v) is 2.51. The highest BCUT2D eigenvalue weighted by molar-refractivity contribution is 5.09. The molecular formula is C9H18N2. The molecule has 3 rings (SSSR count). The van der Waals surface area contributed by atoms with Crippen molar-refractivity contribution in [2.75, 3.05) is 26.7 Å². The maximum atomic E-state index is 3.63. The van der Waals surface area contributed by atoms with Crippen molar-refractivity contribution >= 4 is 0 Å². The average Bonchev–Trinajstić information content (AvgIpc) is 2.45. The molecule has 2 heteroatoms. The molecule has 1 saturated carbocycles. The fraction of sp³-hybridized carbons (Fsp3) is 1.00. The van der Waals surface area contributed by atoms with Crippen LogP contribution in [0.3, 0.4) is 0 Å². The number of likely N-dealkylation sites (N-methyl/N-ethyl adjacent to an activating group) is 1. The highest BCUT2D eigenvalue weighted by Crippen LogP contribution is 2.43. The molecule has 2 heterocycles. The molecule has 2 aliphatic heterocycles. The Kier molecular flexibility index (Phi) is 1.69. The number of rotatable bonds is 3. The van der Waals surface area contributed by atoms with Gasteiger partial charge in [0.25, 0.3) is 0 Å². The van der Waals surface area contributed by atoms with Crippen molar-refractivity contribution in [3.05, 3.63) is 0 Å². The lowest BCUT2D eigenvalue weighted by Crippen LogP contribution is -2.51. The summed E-state index contributed by atoms with van der Waals surface area (Å²) in [7, 11) is 2.21. The SMILES string of the molecule is CCN(C)CC12CC(CN1)C2. The summed E-state index contributed by atoms with van der Waals surface area (Å²) < 4.78 is 0. The summed E-state index contributed by atoms with van der Waals surface area (Å²) in [6, 6.07) is 0. The van der Waals surface area contributed by atoms with Crippen molar-refractivity contribution in [3.63, 3.8) is 0 Å². The van der Waals surface area contributed by atoms with Crippen LogP contribution in [0, 0.1) is 5.92 Å². The molecule has 3 fully saturated rings. The second-order valence-electron chi connectivity index (χ2n) is 4.27. The monoisotopic (exact) mass is 154 g/mol. The smallest absolute Gasteiger partial charge is 0.0315 e. The zero-order valence-electron chi connectivity index (χ0n) is 7.56. The summed E-state index contributed by atoms with van der Waals surface area (Å²) in [4.78, 5) is 2.41. The molecule has 2 saturated heterocycles. The van der Waals surface area contributed by atoms with E-state index in [-0.39, 0.29) is 0 Å². The van der Waals surface area contributed by atoms with Crippen LogP contribution in [0.4, 0.5) is 0 Å². The third-order valence-electron chi connectivity index (χ3n) is 3.24. The zero-order valence-corrected chi connectivity index (χ0v) is 7.56. The standard InChI is InChI=1S/C9H18N2/c1-3-11(2)7-9-4-8(5-9)6-10-9/h8,10H,3-7H2,1-2H3. The lowest BCUT2D eigenvalue weighted by atomic mass is 9.73. The van der Waals surface area contributed by atoms with Crippen molar-refractivity contribution in [3.8, 4) is 0 Å². The Morgan fingerprint density at radius 3 is 2.73 bits per heavy atom. The van der Waals surface area contributed by atoms with Crippen LogP contribution in [0.1, 0.15) is 19.8 Å². The summed E-state index contributed by atoms with van der Waals surface area (Å²) in [6.07, 6.45) is 2.86. The topological polar surface area (TPSA) is 15.3 Å². The second kappa shape index (κ2) is 2.46. The Balaban J connectivity index is 1.86. The maximum Gasteiger partial charge on any atom is 0.0315 e. The third-order valence-corrected chi connectivity index (χ3v) is 3.24. The van der Waals surface area contributed by atoms with E-state index in [2.05, 4.69) is 24.2 Å². The summed E-state index contributed by atoms with van der Waals surface area (Å²) >= 11 is 0. The number of nitrogens with one attached hydrogen (secondary N) is 1. The van der Waals surface area contributed by atoms with Crippen LogP contribution in [0.2, 0.25) is 0 Å². The molecule has 2 bridgehead atoms. The molecule has 2 nitrogen and oxygen atoms in total. The molecule has 0 atom stereocenters. The molecule has 64 valence electrons. The Morgan fingerprint density at radius 2 is 2.27 bits per heavy atom. The molecule has 0 aromatic rings. The van der Waals surface area contributed by atoms with Crippen molar-refractivity contribution in [1.29, 1.82) is 0 Å². The van der Waals surface area contributed by atoms with Gasteiger partial charge in [0.15, 0.2) is 0 Å². The predicted molar refractivity (Wildman–Crippen MR) is 46.6 cm³/mol. The van der Waals surface area contributed by atoms with E-state index in [9.17, 15) is 0 Å². The Bertz CT molecular complexity index is 144. The first kappa shape index (κ1) is 7.56. The van der Waals surface area contributed by atoms with Gasteiger partial charge in [-0.3, -0.25) is 0 Å². The van der Waals surface area contributed by atoms with E-state index < -0.39 is 0 Å². The molecule has 1 aliphatic carbocycles. The van der Waals surface area contributed by atoms with Gasteiger partial charge in [-0.25, -0.2) is 0 Å². The first-order valence-corrected chi connectivity index (χ1v) is 4.68. The molecular weight excluding hydrogens is 136 g/mol. The van der Waals surface area contributed by atoms with E-state index in [1.807, 2.05) is 0 Å². The van der Waals surface area contributed by atoms with Gasteiger partial charge in [-0.2, -0.15) is 0 Å². The molecule has 0 radical (unpaired) electrons. The van der Waals surface area contributed by atoms with Gasteiger partial charge in [0, 0.05) is 12.1 Å². The molecule has 3 aliphatic rings. The van der Waals surface area contributed by atoms with Crippen LogP contribution < -0.4 is 5.32 Å². The molecule has 11 heavy (non-hydrogen) atoms. The lowest BCUT2D eigenvalue weighted by molar-refractivity contribution is 0.157. The van der Waals surface area contributed by atoms with Gasteiger partial charge in [0.05, 0.1) is 0 Å². The van der Waals surface area contributed by atoms with Crippen molar-refractivity contribution in [1.82, 2.24) is 10.2 Å². The van der Waals surface area contributed by atoms with Crippen LogP contribution in [-0.4, -0.2) is 37.1 Å². The Hall–Kier alpha value is -0.0800. The van der Waals surface area contributed by atoms with Crippen molar-refractivity contribution < 1.29 is 0 Å². The molecule has 0 amide bonds. The minimum absolute atomic E-state index is 0.537. The zero-order chi connectivity index (χ0) is 7.90. The Labute approximate surface area is 69.0 Å². The number of hydrogen-bond donors (Lipinski definition) is 1. The first-order valence-electron chi connectivity index (χ1n) is 4.68.